The van der Waals surface area contributed by atoms with Gasteiger partial charge in [0.05, 0.1) is 6.61 Å². The largest absolute Gasteiger partial charge is 0.492 e. The number of nitrogens with zero attached hydrogens (tertiary/aromatic N) is 2. The lowest BCUT2D eigenvalue weighted by atomic mass is 10.2. The zero-order valence-corrected chi connectivity index (χ0v) is 11.1. The van der Waals surface area contributed by atoms with Gasteiger partial charge in [0, 0.05) is 30.9 Å². The van der Waals surface area contributed by atoms with E-state index in [4.69, 9.17) is 21.4 Å². The Kier molecular flexibility index (Phi) is 4.06. The van der Waals surface area contributed by atoms with E-state index in [1.807, 2.05) is 17.8 Å². The van der Waals surface area contributed by atoms with Crippen LogP contribution in [0.1, 0.15) is 16.2 Å². The fourth-order valence-corrected chi connectivity index (χ4v) is 1.84. The summed E-state index contributed by atoms with van der Waals surface area (Å²) >= 11 is 5.84. The topological polar surface area (TPSA) is 64.4 Å². The summed E-state index contributed by atoms with van der Waals surface area (Å²) in [4.78, 5) is 15.2. The van der Waals surface area contributed by atoms with Crippen molar-refractivity contribution in [2.24, 2.45) is 7.05 Å². The van der Waals surface area contributed by atoms with Crippen molar-refractivity contribution in [3.63, 3.8) is 0 Å². The highest BCUT2D eigenvalue weighted by atomic mass is 35.5. The average Bonchev–Trinajstić information content (AvgIpc) is 2.75. The summed E-state index contributed by atoms with van der Waals surface area (Å²) in [6, 6.07) is 4.46. The van der Waals surface area contributed by atoms with Crippen molar-refractivity contribution in [1.82, 2.24) is 9.55 Å². The molecule has 5 nitrogen and oxygen atoms in total. The van der Waals surface area contributed by atoms with Gasteiger partial charge in [-0.15, -0.1) is 0 Å². The number of ether oxygens (including phenoxy) is 1. The van der Waals surface area contributed by atoms with Crippen LogP contribution in [-0.2, 0) is 13.5 Å². The van der Waals surface area contributed by atoms with Gasteiger partial charge >= 0.3 is 5.97 Å². The van der Waals surface area contributed by atoms with Gasteiger partial charge in [-0.1, -0.05) is 11.6 Å². The molecular formula is C13H13ClN2O3. The second-order valence-electron chi connectivity index (χ2n) is 4.00. The molecule has 2 rings (SSSR count). The van der Waals surface area contributed by atoms with Crippen LogP contribution in [0.15, 0.2) is 30.6 Å². The molecule has 0 spiro atoms. The van der Waals surface area contributed by atoms with Gasteiger partial charge in [0.25, 0.3) is 0 Å². The third-order valence-electron chi connectivity index (χ3n) is 2.68. The monoisotopic (exact) mass is 280 g/mol. The Labute approximate surface area is 115 Å². The number of halogens is 1. The Morgan fingerprint density at radius 3 is 2.95 bits per heavy atom. The van der Waals surface area contributed by atoms with E-state index in [9.17, 15) is 4.79 Å². The first kappa shape index (κ1) is 13.4. The molecule has 1 heterocycles. The number of carbonyl (C=O) groups is 1. The lowest BCUT2D eigenvalue weighted by molar-refractivity contribution is 0.0692. The smallest absolute Gasteiger partial charge is 0.339 e. The molecule has 0 fully saturated rings. The van der Waals surface area contributed by atoms with Crippen molar-refractivity contribution in [3.8, 4) is 5.75 Å². The van der Waals surface area contributed by atoms with Gasteiger partial charge in [-0.2, -0.15) is 0 Å². The van der Waals surface area contributed by atoms with Crippen LogP contribution in [0.2, 0.25) is 5.02 Å². The second kappa shape index (κ2) is 5.75. The number of hydrogen-bond acceptors (Lipinski definition) is 3. The lowest BCUT2D eigenvalue weighted by Crippen LogP contribution is -2.09. The number of aromatic nitrogens is 2. The molecule has 0 bridgehead atoms. The predicted octanol–water partition coefficient (Wildman–Crippen LogP) is 2.39. The molecule has 0 aliphatic rings. The number of imidazole rings is 1. The Balaban J connectivity index is 2.05. The molecule has 0 radical (unpaired) electrons. The highest BCUT2D eigenvalue weighted by molar-refractivity contribution is 6.30. The van der Waals surface area contributed by atoms with Crippen LogP contribution in [0.5, 0.6) is 5.75 Å². The number of aromatic carboxylic acids is 1. The van der Waals surface area contributed by atoms with Gasteiger partial charge in [0.1, 0.15) is 17.1 Å². The quantitative estimate of drug-likeness (QED) is 0.913. The number of benzene rings is 1. The third kappa shape index (κ3) is 3.26. The Bertz CT molecular complexity index is 595. The fourth-order valence-electron chi connectivity index (χ4n) is 1.68. The second-order valence-corrected chi connectivity index (χ2v) is 4.43. The highest BCUT2D eigenvalue weighted by Crippen LogP contribution is 2.23. The highest BCUT2D eigenvalue weighted by Gasteiger charge is 2.12. The van der Waals surface area contributed by atoms with Crippen LogP contribution in [0, 0.1) is 0 Å². The van der Waals surface area contributed by atoms with E-state index in [0.717, 1.165) is 5.82 Å². The van der Waals surface area contributed by atoms with Crippen LogP contribution in [0.25, 0.3) is 0 Å². The minimum atomic E-state index is -1.04. The maximum atomic E-state index is 11.0. The number of carboxylic acids is 1. The van der Waals surface area contributed by atoms with Crippen molar-refractivity contribution >= 4 is 17.6 Å². The van der Waals surface area contributed by atoms with Crippen LogP contribution in [-0.4, -0.2) is 27.2 Å². The standard InChI is InChI=1S/C13H13ClN2O3/c1-16-6-5-15-12(16)4-7-19-11-8-9(14)2-3-10(11)13(17)18/h2-3,5-6,8H,4,7H2,1H3,(H,17,18). The van der Waals surface area contributed by atoms with E-state index < -0.39 is 5.97 Å². The zero-order valence-electron chi connectivity index (χ0n) is 10.3. The van der Waals surface area contributed by atoms with Gasteiger partial charge in [-0.05, 0) is 18.2 Å². The van der Waals surface area contributed by atoms with Crippen molar-refractivity contribution in [3.05, 3.63) is 47.0 Å². The summed E-state index contributed by atoms with van der Waals surface area (Å²) in [6.45, 7) is 0.339. The molecule has 0 saturated heterocycles. The normalized spacial score (nSPS) is 10.4. The van der Waals surface area contributed by atoms with Crippen molar-refractivity contribution < 1.29 is 14.6 Å². The Morgan fingerprint density at radius 1 is 1.53 bits per heavy atom. The first-order valence-electron chi connectivity index (χ1n) is 5.70. The van der Waals surface area contributed by atoms with E-state index in [1.54, 1.807) is 6.20 Å². The van der Waals surface area contributed by atoms with Gasteiger partial charge in [-0.3, -0.25) is 0 Å². The summed E-state index contributed by atoms with van der Waals surface area (Å²) in [6.07, 6.45) is 4.14. The minimum absolute atomic E-state index is 0.101. The molecule has 2 aromatic rings. The zero-order chi connectivity index (χ0) is 13.8. The van der Waals surface area contributed by atoms with E-state index in [1.165, 1.54) is 18.2 Å². The number of carboxylic acid groups (broad SMARTS) is 1. The summed E-state index contributed by atoms with van der Waals surface area (Å²) in [5.74, 6) is 0.108. The molecule has 1 N–H and O–H groups in total. The maximum absolute atomic E-state index is 11.0. The van der Waals surface area contributed by atoms with Gasteiger partial charge < -0.3 is 14.4 Å². The Hall–Kier alpha value is -2.01. The average molecular weight is 281 g/mol. The number of hydrogen-bond donors (Lipinski definition) is 1. The third-order valence-corrected chi connectivity index (χ3v) is 2.91. The molecule has 0 aliphatic carbocycles. The molecule has 1 aromatic heterocycles. The molecule has 100 valence electrons. The number of rotatable bonds is 5. The first-order valence-corrected chi connectivity index (χ1v) is 6.07. The van der Waals surface area contributed by atoms with Crippen LogP contribution >= 0.6 is 11.6 Å². The van der Waals surface area contributed by atoms with Crippen molar-refractivity contribution in [2.45, 2.75) is 6.42 Å². The van der Waals surface area contributed by atoms with Gasteiger partial charge in [0.2, 0.25) is 0 Å². The predicted molar refractivity (Wildman–Crippen MR) is 70.8 cm³/mol. The Morgan fingerprint density at radius 2 is 2.32 bits per heavy atom. The molecule has 19 heavy (non-hydrogen) atoms. The molecule has 6 heteroatoms. The van der Waals surface area contributed by atoms with Crippen molar-refractivity contribution in [1.29, 1.82) is 0 Å². The molecule has 0 amide bonds. The fraction of sp³-hybridized carbons (Fsp3) is 0.231. The van der Waals surface area contributed by atoms with E-state index in [0.29, 0.717) is 18.1 Å². The molecule has 1 aromatic carbocycles. The SMILES string of the molecule is Cn1ccnc1CCOc1cc(Cl)ccc1C(=O)O. The summed E-state index contributed by atoms with van der Waals surface area (Å²) in [7, 11) is 1.89. The first-order chi connectivity index (χ1) is 9.08. The molecule has 0 aliphatic heterocycles. The number of aryl methyl sites for hydroxylation is 1. The molecular weight excluding hydrogens is 268 g/mol. The summed E-state index contributed by atoms with van der Waals surface area (Å²) < 4.78 is 7.38. The van der Waals surface area contributed by atoms with Gasteiger partial charge in [-0.25, -0.2) is 9.78 Å². The van der Waals surface area contributed by atoms with E-state index >= 15 is 0 Å². The lowest BCUT2D eigenvalue weighted by Gasteiger charge is -2.09. The molecule has 0 atom stereocenters. The maximum Gasteiger partial charge on any atom is 0.339 e. The van der Waals surface area contributed by atoms with Crippen LogP contribution in [0.3, 0.4) is 0 Å². The van der Waals surface area contributed by atoms with E-state index in [-0.39, 0.29) is 11.3 Å². The van der Waals surface area contributed by atoms with E-state index in [2.05, 4.69) is 4.98 Å². The van der Waals surface area contributed by atoms with Gasteiger partial charge in [0.15, 0.2) is 0 Å². The van der Waals surface area contributed by atoms with Crippen molar-refractivity contribution in [2.75, 3.05) is 6.61 Å². The molecule has 0 unspecified atom stereocenters. The minimum Gasteiger partial charge on any atom is -0.492 e. The van der Waals surface area contributed by atoms with Crippen LogP contribution < -0.4 is 4.74 Å². The van der Waals surface area contributed by atoms with Crippen LogP contribution in [0.4, 0.5) is 0 Å². The molecule has 0 saturated carbocycles. The summed E-state index contributed by atoms with van der Waals surface area (Å²) in [5.41, 5.74) is 0.101. The summed E-state index contributed by atoms with van der Waals surface area (Å²) in [5, 5.41) is 9.49.